The van der Waals surface area contributed by atoms with Gasteiger partial charge in [-0.3, -0.25) is 10.1 Å². The van der Waals surface area contributed by atoms with E-state index in [4.69, 9.17) is 21.1 Å². The third-order valence-electron chi connectivity index (χ3n) is 3.24. The first-order chi connectivity index (χ1) is 12.9. The lowest BCUT2D eigenvalue weighted by molar-refractivity contribution is -0.385. The molecule has 2 N–H and O–H groups in total. The lowest BCUT2D eigenvalue weighted by atomic mass is 10.2. The number of ether oxygens (including phenoxy) is 2. The average Bonchev–Trinajstić information content (AvgIpc) is 2.64. The predicted molar refractivity (Wildman–Crippen MR) is 102 cm³/mol. The van der Waals surface area contributed by atoms with Crippen molar-refractivity contribution < 1.29 is 19.2 Å². The van der Waals surface area contributed by atoms with Crippen molar-refractivity contribution in [1.82, 2.24) is 5.43 Å². The summed E-state index contributed by atoms with van der Waals surface area (Å²) in [5.74, 6) is 0.230. The topological polar surface area (TPSA) is 115 Å². The van der Waals surface area contributed by atoms with Crippen LogP contribution in [0.25, 0.3) is 0 Å². The summed E-state index contributed by atoms with van der Waals surface area (Å²) >= 11 is 5.77. The van der Waals surface area contributed by atoms with Crippen molar-refractivity contribution >= 4 is 35.2 Å². The summed E-state index contributed by atoms with van der Waals surface area (Å²) in [7, 11) is 1.38. The Morgan fingerprint density at radius 1 is 1.33 bits per heavy atom. The van der Waals surface area contributed by atoms with E-state index in [2.05, 4.69) is 15.8 Å². The number of anilines is 1. The highest BCUT2D eigenvalue weighted by Crippen LogP contribution is 2.37. The van der Waals surface area contributed by atoms with Crippen LogP contribution in [0.5, 0.6) is 11.5 Å². The fourth-order valence-electron chi connectivity index (χ4n) is 2.12. The zero-order valence-electron chi connectivity index (χ0n) is 14.6. The third-order valence-corrected chi connectivity index (χ3v) is 3.50. The van der Waals surface area contributed by atoms with Gasteiger partial charge in [0.15, 0.2) is 5.75 Å². The molecule has 10 heteroatoms. The van der Waals surface area contributed by atoms with Crippen molar-refractivity contribution in [2.45, 2.75) is 6.92 Å². The Kier molecular flexibility index (Phi) is 6.95. The second kappa shape index (κ2) is 9.39. The molecule has 0 aliphatic carbocycles. The molecule has 0 saturated carbocycles. The molecule has 0 atom stereocenters. The van der Waals surface area contributed by atoms with Crippen LogP contribution >= 0.6 is 11.6 Å². The van der Waals surface area contributed by atoms with E-state index < -0.39 is 11.0 Å². The van der Waals surface area contributed by atoms with Crippen molar-refractivity contribution in [3.8, 4) is 11.5 Å². The van der Waals surface area contributed by atoms with Crippen LogP contribution in [0.3, 0.4) is 0 Å². The molecule has 0 fully saturated rings. The Bertz CT molecular complexity index is 855. The van der Waals surface area contributed by atoms with E-state index in [1.54, 1.807) is 31.2 Å². The summed E-state index contributed by atoms with van der Waals surface area (Å²) in [6, 6.07) is 8.73. The fourth-order valence-corrected chi connectivity index (χ4v) is 2.24. The van der Waals surface area contributed by atoms with Gasteiger partial charge >= 0.3 is 11.7 Å². The van der Waals surface area contributed by atoms with E-state index in [-0.39, 0.29) is 23.8 Å². The largest absolute Gasteiger partial charge is 0.493 e. The molecule has 0 aliphatic rings. The van der Waals surface area contributed by atoms with E-state index in [9.17, 15) is 14.9 Å². The number of amides is 2. The first kappa shape index (κ1) is 20.0. The van der Waals surface area contributed by atoms with Gasteiger partial charge in [-0.05, 0) is 37.3 Å². The molecule has 0 aliphatic heterocycles. The molecule has 2 aromatic carbocycles. The number of hydrogen-bond acceptors (Lipinski definition) is 6. The summed E-state index contributed by atoms with van der Waals surface area (Å²) in [5.41, 5.74) is 2.89. The van der Waals surface area contributed by atoms with E-state index in [0.717, 1.165) is 0 Å². The second-order valence-corrected chi connectivity index (χ2v) is 5.53. The summed E-state index contributed by atoms with van der Waals surface area (Å²) in [4.78, 5) is 22.5. The molecule has 2 aromatic rings. The summed E-state index contributed by atoms with van der Waals surface area (Å²) in [6.07, 6.45) is 1.26. The van der Waals surface area contributed by atoms with E-state index in [0.29, 0.717) is 16.3 Å². The zero-order chi connectivity index (χ0) is 19.8. The first-order valence-electron chi connectivity index (χ1n) is 7.79. The minimum absolute atomic E-state index is 0.0376. The van der Waals surface area contributed by atoms with E-state index in [1.165, 1.54) is 25.5 Å². The zero-order valence-corrected chi connectivity index (χ0v) is 15.3. The van der Waals surface area contributed by atoms with Gasteiger partial charge in [0.05, 0.1) is 24.9 Å². The number of carbonyl (C=O) groups is 1. The minimum atomic E-state index is -0.582. The Balaban J connectivity index is 2.11. The number of carbonyl (C=O) groups excluding carboxylic acids is 1. The van der Waals surface area contributed by atoms with Gasteiger partial charge < -0.3 is 14.8 Å². The smallest absolute Gasteiger partial charge is 0.339 e. The molecular formula is C17H17ClN4O5. The number of nitrogens with one attached hydrogen (secondary N) is 2. The number of hydrazone groups is 1. The van der Waals surface area contributed by atoms with Gasteiger partial charge in [0.1, 0.15) is 0 Å². The number of nitro groups is 1. The number of hydrogen-bond donors (Lipinski definition) is 2. The standard InChI is InChI=1S/C17H17ClN4O5/c1-3-27-16-14(22(24)25)8-11(9-15(16)26-2)10-19-21-17(23)20-13-6-4-12(18)5-7-13/h4-10H,3H2,1-2H3,(H2,20,21,23)/b19-10-. The molecule has 0 radical (unpaired) electrons. The molecule has 0 spiro atoms. The molecule has 2 rings (SSSR count). The number of halogens is 1. The second-order valence-electron chi connectivity index (χ2n) is 5.09. The molecule has 0 saturated heterocycles. The Hall–Kier alpha value is -3.33. The molecular weight excluding hydrogens is 376 g/mol. The number of nitro benzene ring substituents is 1. The van der Waals surface area contributed by atoms with Crippen LogP contribution < -0.4 is 20.2 Å². The third kappa shape index (κ3) is 5.58. The molecule has 27 heavy (non-hydrogen) atoms. The van der Waals surface area contributed by atoms with Gasteiger partial charge in [0.2, 0.25) is 5.75 Å². The summed E-state index contributed by atoms with van der Waals surface area (Å²) in [6.45, 7) is 1.96. The maximum atomic E-state index is 11.8. The van der Waals surface area contributed by atoms with Gasteiger partial charge in [0, 0.05) is 22.3 Å². The molecule has 2 amide bonds. The lowest BCUT2D eigenvalue weighted by Crippen LogP contribution is -2.24. The van der Waals surface area contributed by atoms with Gasteiger partial charge in [-0.2, -0.15) is 5.10 Å². The lowest BCUT2D eigenvalue weighted by Gasteiger charge is -2.10. The van der Waals surface area contributed by atoms with Crippen molar-refractivity contribution in [3.63, 3.8) is 0 Å². The van der Waals surface area contributed by atoms with E-state index >= 15 is 0 Å². The Labute approximate surface area is 160 Å². The number of nitrogens with zero attached hydrogens (tertiary/aromatic N) is 2. The van der Waals surface area contributed by atoms with Crippen molar-refractivity contribution in [2.75, 3.05) is 19.0 Å². The molecule has 0 heterocycles. The number of methoxy groups -OCH3 is 1. The Morgan fingerprint density at radius 2 is 2.04 bits per heavy atom. The van der Waals surface area contributed by atoms with Gasteiger partial charge in [-0.15, -0.1) is 0 Å². The van der Waals surface area contributed by atoms with Gasteiger partial charge in [-0.25, -0.2) is 10.2 Å². The van der Waals surface area contributed by atoms with Crippen LogP contribution in [0.4, 0.5) is 16.2 Å². The quantitative estimate of drug-likeness (QED) is 0.422. The highest BCUT2D eigenvalue weighted by molar-refractivity contribution is 6.30. The van der Waals surface area contributed by atoms with Crippen LogP contribution in [-0.4, -0.2) is 30.9 Å². The fraction of sp³-hybridized carbons (Fsp3) is 0.176. The predicted octanol–water partition coefficient (Wildman–Crippen LogP) is 3.81. The molecule has 0 unspecified atom stereocenters. The van der Waals surface area contributed by atoms with Crippen LogP contribution in [0.1, 0.15) is 12.5 Å². The molecule has 0 aromatic heterocycles. The highest BCUT2D eigenvalue weighted by atomic mass is 35.5. The first-order valence-corrected chi connectivity index (χ1v) is 8.17. The maximum Gasteiger partial charge on any atom is 0.339 e. The summed E-state index contributed by atoms with van der Waals surface area (Å²) < 4.78 is 10.4. The average molecular weight is 393 g/mol. The maximum absolute atomic E-state index is 11.8. The van der Waals surface area contributed by atoms with Crippen LogP contribution in [0.2, 0.25) is 5.02 Å². The van der Waals surface area contributed by atoms with Crippen LogP contribution in [0, 0.1) is 10.1 Å². The van der Waals surface area contributed by atoms with Crippen molar-refractivity contribution in [2.24, 2.45) is 5.10 Å². The number of rotatable bonds is 7. The van der Waals surface area contributed by atoms with Crippen molar-refractivity contribution in [1.29, 1.82) is 0 Å². The normalized spacial score (nSPS) is 10.5. The highest BCUT2D eigenvalue weighted by Gasteiger charge is 2.21. The number of urea groups is 1. The SMILES string of the molecule is CCOc1c(OC)cc(/C=N\NC(=O)Nc2ccc(Cl)cc2)cc1[N+](=O)[O-]. The number of benzene rings is 2. The van der Waals surface area contributed by atoms with Crippen molar-refractivity contribution in [3.05, 3.63) is 57.1 Å². The Morgan fingerprint density at radius 3 is 2.63 bits per heavy atom. The molecule has 0 bridgehead atoms. The van der Waals surface area contributed by atoms with Crippen LogP contribution in [-0.2, 0) is 0 Å². The summed E-state index contributed by atoms with van der Waals surface area (Å²) in [5, 5.41) is 18.1. The van der Waals surface area contributed by atoms with E-state index in [1.807, 2.05) is 0 Å². The monoisotopic (exact) mass is 392 g/mol. The minimum Gasteiger partial charge on any atom is -0.493 e. The van der Waals surface area contributed by atoms with Crippen LogP contribution in [0.15, 0.2) is 41.5 Å². The molecule has 9 nitrogen and oxygen atoms in total. The van der Waals surface area contributed by atoms with Gasteiger partial charge in [0.25, 0.3) is 0 Å². The van der Waals surface area contributed by atoms with Gasteiger partial charge in [-0.1, -0.05) is 11.6 Å². The molecule has 142 valence electrons.